The first kappa shape index (κ1) is 14.8. The minimum Gasteiger partial charge on any atom is -0.462 e. The Balaban J connectivity index is 2.68. The normalized spacial score (nSPS) is 15.2. The highest BCUT2D eigenvalue weighted by Crippen LogP contribution is 2.41. The summed E-state index contributed by atoms with van der Waals surface area (Å²) in [6, 6.07) is 5.19. The monoisotopic (exact) mass is 398 g/mol. The molecule has 0 aromatic heterocycles. The van der Waals surface area contributed by atoms with E-state index in [-0.39, 0.29) is 17.8 Å². The van der Waals surface area contributed by atoms with Gasteiger partial charge in [-0.05, 0) is 35.0 Å². The quantitative estimate of drug-likeness (QED) is 0.471. The number of anilines is 1. The minimum absolute atomic E-state index is 0.0305. The number of fused-ring (bicyclic) bond motifs is 1. The van der Waals surface area contributed by atoms with Gasteiger partial charge in [0.25, 0.3) is 5.91 Å². The molecule has 1 aromatic carbocycles. The van der Waals surface area contributed by atoms with Gasteiger partial charge in [0.05, 0.1) is 17.9 Å². The van der Waals surface area contributed by atoms with E-state index < -0.39 is 11.9 Å². The first-order valence-electron chi connectivity index (χ1n) is 5.61. The first-order chi connectivity index (χ1) is 9.49. The molecule has 0 bridgehead atoms. The van der Waals surface area contributed by atoms with Crippen molar-refractivity contribution in [3.05, 3.63) is 32.2 Å². The topological polar surface area (TPSA) is 79.2 Å². The molecule has 1 aliphatic rings. The highest BCUT2D eigenvalue weighted by Gasteiger charge is 2.32. The number of rotatable bonds is 2. The zero-order chi connectivity index (χ0) is 14.9. The smallest absolute Gasteiger partial charge is 0.349 e. The zero-order valence-corrected chi connectivity index (χ0v) is 13.5. The van der Waals surface area contributed by atoms with Crippen molar-refractivity contribution in [2.24, 2.45) is 0 Å². The largest absolute Gasteiger partial charge is 0.462 e. The standard InChI is InChI=1S/C13H8Br2N2O3/c1-2-20-13(19)8(5-16)10-7-3-6(14)4-9(15)11(7)17-12(10)18/h3-4H,2H2,1H3,(H,17,18). The van der Waals surface area contributed by atoms with E-state index in [4.69, 9.17) is 10.00 Å². The lowest BCUT2D eigenvalue weighted by molar-refractivity contribution is -0.138. The van der Waals surface area contributed by atoms with Crippen molar-refractivity contribution in [2.45, 2.75) is 6.92 Å². The molecule has 0 aliphatic carbocycles. The Morgan fingerprint density at radius 3 is 2.75 bits per heavy atom. The molecule has 1 aromatic rings. The van der Waals surface area contributed by atoms with Crippen LogP contribution in [0.3, 0.4) is 0 Å². The number of hydrogen-bond acceptors (Lipinski definition) is 4. The molecule has 1 heterocycles. The predicted octanol–water partition coefficient (Wildman–Crippen LogP) is 3.00. The van der Waals surface area contributed by atoms with Crippen LogP contribution in [0.25, 0.3) is 5.57 Å². The number of benzene rings is 1. The third-order valence-electron chi connectivity index (χ3n) is 2.63. The summed E-state index contributed by atoms with van der Waals surface area (Å²) >= 11 is 6.64. The maximum atomic E-state index is 12.0. The molecule has 102 valence electrons. The van der Waals surface area contributed by atoms with Crippen LogP contribution in [0.1, 0.15) is 12.5 Å². The van der Waals surface area contributed by atoms with E-state index in [0.717, 1.165) is 4.47 Å². The molecule has 0 saturated carbocycles. The van der Waals surface area contributed by atoms with E-state index in [1.54, 1.807) is 25.1 Å². The Morgan fingerprint density at radius 1 is 1.45 bits per heavy atom. The molecule has 1 N–H and O–H groups in total. The van der Waals surface area contributed by atoms with E-state index in [1.807, 2.05) is 0 Å². The zero-order valence-electron chi connectivity index (χ0n) is 10.3. The Hall–Kier alpha value is -1.65. The summed E-state index contributed by atoms with van der Waals surface area (Å²) in [5, 5.41) is 11.8. The van der Waals surface area contributed by atoms with Gasteiger partial charge in [-0.15, -0.1) is 0 Å². The lowest BCUT2D eigenvalue weighted by Gasteiger charge is -2.04. The third-order valence-corrected chi connectivity index (χ3v) is 3.71. The van der Waals surface area contributed by atoms with E-state index >= 15 is 0 Å². The number of esters is 1. The fourth-order valence-corrected chi connectivity index (χ4v) is 3.18. The molecule has 0 fully saturated rings. The van der Waals surface area contributed by atoms with Gasteiger partial charge < -0.3 is 10.1 Å². The second-order valence-corrected chi connectivity index (χ2v) is 5.62. The number of halogens is 2. The summed E-state index contributed by atoms with van der Waals surface area (Å²) in [5.74, 6) is -1.30. The van der Waals surface area contributed by atoms with Crippen molar-refractivity contribution in [2.75, 3.05) is 11.9 Å². The number of ether oxygens (including phenoxy) is 1. The van der Waals surface area contributed by atoms with Crippen molar-refractivity contribution in [3.63, 3.8) is 0 Å². The van der Waals surface area contributed by atoms with Crippen molar-refractivity contribution >= 4 is 55.0 Å². The molecule has 1 amide bonds. The Morgan fingerprint density at radius 2 is 2.15 bits per heavy atom. The molecule has 20 heavy (non-hydrogen) atoms. The van der Waals surface area contributed by atoms with Gasteiger partial charge in [0.1, 0.15) is 6.07 Å². The Bertz CT molecular complexity index is 690. The van der Waals surface area contributed by atoms with Gasteiger partial charge in [-0.25, -0.2) is 4.79 Å². The van der Waals surface area contributed by atoms with Gasteiger partial charge in [-0.3, -0.25) is 4.79 Å². The molecule has 0 saturated heterocycles. The summed E-state index contributed by atoms with van der Waals surface area (Å²) in [6.07, 6.45) is 0. The molecule has 2 rings (SSSR count). The van der Waals surface area contributed by atoms with Crippen molar-refractivity contribution in [1.29, 1.82) is 5.26 Å². The maximum absolute atomic E-state index is 12.0. The van der Waals surface area contributed by atoms with Crippen molar-refractivity contribution in [3.8, 4) is 6.07 Å². The van der Waals surface area contributed by atoms with Gasteiger partial charge in [0.2, 0.25) is 0 Å². The highest BCUT2D eigenvalue weighted by molar-refractivity contribution is 9.11. The van der Waals surface area contributed by atoms with Crippen LogP contribution >= 0.6 is 31.9 Å². The average molecular weight is 400 g/mol. The Labute approximate surface area is 131 Å². The third kappa shape index (κ3) is 2.49. The first-order valence-corrected chi connectivity index (χ1v) is 7.20. The van der Waals surface area contributed by atoms with Gasteiger partial charge >= 0.3 is 5.97 Å². The van der Waals surface area contributed by atoms with Crippen LogP contribution in [-0.2, 0) is 14.3 Å². The number of carbonyl (C=O) groups is 2. The fraction of sp³-hybridized carbons (Fsp3) is 0.154. The van der Waals surface area contributed by atoms with Crippen molar-refractivity contribution in [1.82, 2.24) is 0 Å². The average Bonchev–Trinajstić information content (AvgIpc) is 2.69. The van der Waals surface area contributed by atoms with Gasteiger partial charge in [0, 0.05) is 14.5 Å². The molecule has 1 aliphatic heterocycles. The molecule has 0 spiro atoms. The number of hydrogen-bond donors (Lipinski definition) is 1. The van der Waals surface area contributed by atoms with Gasteiger partial charge in [-0.1, -0.05) is 15.9 Å². The lowest BCUT2D eigenvalue weighted by atomic mass is 10.0. The molecule has 0 atom stereocenters. The molecule has 0 radical (unpaired) electrons. The fourth-order valence-electron chi connectivity index (χ4n) is 1.85. The van der Waals surface area contributed by atoms with Crippen LogP contribution < -0.4 is 5.32 Å². The second-order valence-electron chi connectivity index (χ2n) is 3.85. The molecular formula is C13H8Br2N2O3. The molecular weight excluding hydrogens is 392 g/mol. The number of nitrogens with zero attached hydrogens (tertiary/aromatic N) is 1. The van der Waals surface area contributed by atoms with E-state index in [2.05, 4.69) is 37.2 Å². The van der Waals surface area contributed by atoms with E-state index in [1.165, 1.54) is 0 Å². The van der Waals surface area contributed by atoms with Crippen LogP contribution in [-0.4, -0.2) is 18.5 Å². The van der Waals surface area contributed by atoms with Crippen LogP contribution in [0.2, 0.25) is 0 Å². The summed E-state index contributed by atoms with van der Waals surface area (Å²) in [6.45, 7) is 1.77. The molecule has 5 nitrogen and oxygen atoms in total. The second kappa shape index (κ2) is 5.77. The summed E-state index contributed by atoms with van der Waals surface area (Å²) in [5.41, 5.74) is 0.752. The predicted molar refractivity (Wildman–Crippen MR) is 79.6 cm³/mol. The van der Waals surface area contributed by atoms with Gasteiger partial charge in [-0.2, -0.15) is 5.26 Å². The summed E-state index contributed by atoms with van der Waals surface area (Å²) < 4.78 is 6.19. The maximum Gasteiger partial charge on any atom is 0.349 e. The van der Waals surface area contributed by atoms with Crippen LogP contribution in [0.15, 0.2) is 26.7 Å². The van der Waals surface area contributed by atoms with Gasteiger partial charge in [0.15, 0.2) is 5.57 Å². The number of nitriles is 1. The van der Waals surface area contributed by atoms with Crippen LogP contribution in [0, 0.1) is 11.3 Å². The van der Waals surface area contributed by atoms with Crippen LogP contribution in [0.5, 0.6) is 0 Å². The minimum atomic E-state index is -0.802. The summed E-state index contributed by atoms with van der Waals surface area (Å²) in [7, 11) is 0. The number of nitrogens with one attached hydrogen (secondary N) is 1. The lowest BCUT2D eigenvalue weighted by Crippen LogP contribution is -2.13. The van der Waals surface area contributed by atoms with E-state index in [9.17, 15) is 9.59 Å². The molecule has 0 unspecified atom stereocenters. The van der Waals surface area contributed by atoms with E-state index in [0.29, 0.717) is 15.7 Å². The van der Waals surface area contributed by atoms with Crippen LogP contribution in [0.4, 0.5) is 5.69 Å². The van der Waals surface area contributed by atoms with Crippen molar-refractivity contribution < 1.29 is 14.3 Å². The number of carbonyl (C=O) groups excluding carboxylic acids is 2. The highest BCUT2D eigenvalue weighted by atomic mass is 79.9. The summed E-state index contributed by atoms with van der Waals surface area (Å²) in [4.78, 5) is 23.8. The molecule has 7 heteroatoms. The Kier molecular flexibility index (Phi) is 4.26. The number of amides is 1. The SMILES string of the molecule is CCOC(=O)C(C#N)=C1C(=O)Nc2c(Br)cc(Br)cc21.